The summed E-state index contributed by atoms with van der Waals surface area (Å²) >= 11 is 0. The van der Waals surface area contributed by atoms with E-state index in [0.29, 0.717) is 11.4 Å². The van der Waals surface area contributed by atoms with Crippen LogP contribution in [0.15, 0.2) is 30.7 Å². The van der Waals surface area contributed by atoms with Crippen molar-refractivity contribution in [3.05, 3.63) is 42.0 Å². The number of benzene rings is 1. The van der Waals surface area contributed by atoms with Gasteiger partial charge in [-0.2, -0.15) is 0 Å². The lowest BCUT2D eigenvalue weighted by Gasteiger charge is -2.20. The summed E-state index contributed by atoms with van der Waals surface area (Å²) in [5.74, 6) is 0. The van der Waals surface area contributed by atoms with Crippen LogP contribution >= 0.6 is 0 Å². The number of amides is 1. The molecule has 1 amide bonds. The van der Waals surface area contributed by atoms with Gasteiger partial charge < -0.3 is 20.1 Å². The normalized spacial score (nSPS) is 11.3. The van der Waals surface area contributed by atoms with Crippen LogP contribution in [-0.2, 0) is 17.9 Å². The molecule has 124 valence electrons. The second-order valence-corrected chi connectivity index (χ2v) is 6.10. The van der Waals surface area contributed by atoms with Gasteiger partial charge in [-0.15, -0.1) is 0 Å². The second-order valence-electron chi connectivity index (χ2n) is 6.10. The van der Waals surface area contributed by atoms with E-state index in [-0.39, 0.29) is 13.2 Å². The van der Waals surface area contributed by atoms with Crippen molar-refractivity contribution in [2.75, 3.05) is 5.32 Å². The highest BCUT2D eigenvalue weighted by Gasteiger charge is 2.17. The average molecular weight is 318 g/mol. The van der Waals surface area contributed by atoms with Gasteiger partial charge in [0.25, 0.3) is 0 Å². The van der Waals surface area contributed by atoms with E-state index in [0.717, 1.165) is 11.3 Å². The summed E-state index contributed by atoms with van der Waals surface area (Å²) in [6.07, 6.45) is 2.78. The Kier molecular flexibility index (Phi) is 5.02. The summed E-state index contributed by atoms with van der Waals surface area (Å²) in [5.41, 5.74) is 7.88. The Hall–Kier alpha value is -2.38. The molecular weight excluding hydrogens is 296 g/mol. The van der Waals surface area contributed by atoms with Gasteiger partial charge in [0.15, 0.2) is 0 Å². The Labute approximate surface area is 135 Å². The van der Waals surface area contributed by atoms with Gasteiger partial charge in [-0.3, -0.25) is 5.32 Å². The zero-order valence-electron chi connectivity index (χ0n) is 13.5. The van der Waals surface area contributed by atoms with E-state index in [1.807, 2.05) is 12.1 Å². The molecule has 0 bridgehead atoms. The molecule has 0 atom stereocenters. The first-order valence-electron chi connectivity index (χ1n) is 7.29. The molecule has 0 unspecified atom stereocenters. The third-order valence-electron chi connectivity index (χ3n) is 3.05. The molecule has 0 saturated carbocycles. The number of anilines is 1. The van der Waals surface area contributed by atoms with Gasteiger partial charge in [-0.05, 0) is 38.5 Å². The molecule has 4 N–H and O–H groups in total. The number of nitrogens with zero attached hydrogens (tertiary/aromatic N) is 2. The Balaban J connectivity index is 2.27. The van der Waals surface area contributed by atoms with Gasteiger partial charge in [0.1, 0.15) is 5.60 Å². The van der Waals surface area contributed by atoms with Crippen LogP contribution in [0.5, 0.6) is 0 Å². The first-order chi connectivity index (χ1) is 10.8. The number of aliphatic hydroxyl groups excluding tert-OH is 1. The van der Waals surface area contributed by atoms with E-state index in [9.17, 15) is 4.79 Å². The quantitative estimate of drug-likeness (QED) is 0.802. The first-order valence-corrected chi connectivity index (χ1v) is 7.29. The molecule has 2 rings (SSSR count). The number of rotatable bonds is 4. The molecular formula is C16H22N4O3. The van der Waals surface area contributed by atoms with Crippen LogP contribution < -0.4 is 11.1 Å². The van der Waals surface area contributed by atoms with Crippen LogP contribution in [0.2, 0.25) is 0 Å². The van der Waals surface area contributed by atoms with Crippen LogP contribution in [0.3, 0.4) is 0 Å². The van der Waals surface area contributed by atoms with Crippen molar-refractivity contribution in [2.45, 2.75) is 39.5 Å². The standard InChI is InChI=1S/C16H22N4O3/c1-16(2,3)23-15(22)19-14-6-13(5-4-11(14)7-17)20-8-12(9-21)18-10-20/h4-6,8,10,21H,7,9,17H2,1-3H3,(H,19,22). The molecule has 1 aromatic heterocycles. The van der Waals surface area contributed by atoms with Gasteiger partial charge in [-0.1, -0.05) is 6.07 Å². The van der Waals surface area contributed by atoms with Crippen LogP contribution in [0.4, 0.5) is 10.5 Å². The number of aliphatic hydroxyl groups is 1. The summed E-state index contributed by atoms with van der Waals surface area (Å²) < 4.78 is 7.02. The minimum Gasteiger partial charge on any atom is -0.444 e. The minimum atomic E-state index is -0.578. The first kappa shape index (κ1) is 17.0. The number of carbonyl (C=O) groups excluding carboxylic acids is 1. The third kappa shape index (κ3) is 4.54. The zero-order valence-corrected chi connectivity index (χ0v) is 13.5. The van der Waals surface area contributed by atoms with Gasteiger partial charge in [0.05, 0.1) is 24.3 Å². The number of nitrogens with two attached hydrogens (primary N) is 1. The lowest BCUT2D eigenvalue weighted by Crippen LogP contribution is -2.27. The maximum atomic E-state index is 12.0. The van der Waals surface area contributed by atoms with Crippen molar-refractivity contribution in [3.63, 3.8) is 0 Å². The molecule has 23 heavy (non-hydrogen) atoms. The van der Waals surface area contributed by atoms with Crippen molar-refractivity contribution in [1.29, 1.82) is 0 Å². The molecule has 0 radical (unpaired) electrons. The number of hydrogen-bond donors (Lipinski definition) is 3. The molecule has 0 aliphatic carbocycles. The predicted octanol–water partition coefficient (Wildman–Crippen LogP) is 2.17. The summed E-state index contributed by atoms with van der Waals surface area (Å²) in [4.78, 5) is 16.0. The molecule has 2 aromatic rings. The number of nitrogens with one attached hydrogen (secondary N) is 1. The highest BCUT2D eigenvalue weighted by atomic mass is 16.6. The topological polar surface area (TPSA) is 102 Å². The van der Waals surface area contributed by atoms with Crippen molar-refractivity contribution in [2.24, 2.45) is 5.73 Å². The maximum Gasteiger partial charge on any atom is 0.412 e. The summed E-state index contributed by atoms with van der Waals surface area (Å²) in [6, 6.07) is 5.49. The highest BCUT2D eigenvalue weighted by Crippen LogP contribution is 2.21. The lowest BCUT2D eigenvalue weighted by molar-refractivity contribution is 0.0636. The fourth-order valence-electron chi connectivity index (χ4n) is 2.02. The number of carbonyl (C=O) groups is 1. The molecule has 1 heterocycles. The fourth-order valence-corrected chi connectivity index (χ4v) is 2.02. The van der Waals surface area contributed by atoms with Crippen LogP contribution in [0, 0.1) is 0 Å². The van der Waals surface area contributed by atoms with Crippen LogP contribution in [-0.4, -0.2) is 26.4 Å². The molecule has 0 aliphatic rings. The van der Waals surface area contributed by atoms with Gasteiger partial charge >= 0.3 is 6.09 Å². The number of hydrogen-bond acceptors (Lipinski definition) is 5. The smallest absolute Gasteiger partial charge is 0.412 e. The molecule has 0 fully saturated rings. The van der Waals surface area contributed by atoms with Gasteiger partial charge in [0.2, 0.25) is 0 Å². The van der Waals surface area contributed by atoms with Gasteiger partial charge in [-0.25, -0.2) is 9.78 Å². The van der Waals surface area contributed by atoms with Crippen molar-refractivity contribution in [3.8, 4) is 5.69 Å². The maximum absolute atomic E-state index is 12.0. The number of ether oxygens (including phenoxy) is 1. The Bertz CT molecular complexity index is 689. The molecule has 7 heteroatoms. The average Bonchev–Trinajstić information content (AvgIpc) is 2.94. The molecule has 7 nitrogen and oxygen atoms in total. The lowest BCUT2D eigenvalue weighted by atomic mass is 10.1. The van der Waals surface area contributed by atoms with Crippen LogP contribution in [0.25, 0.3) is 5.69 Å². The molecule has 0 spiro atoms. The third-order valence-corrected chi connectivity index (χ3v) is 3.05. The largest absolute Gasteiger partial charge is 0.444 e. The van der Waals surface area contributed by atoms with E-state index >= 15 is 0 Å². The van der Waals surface area contributed by atoms with Crippen molar-refractivity contribution in [1.82, 2.24) is 9.55 Å². The van der Waals surface area contributed by atoms with E-state index in [2.05, 4.69) is 10.3 Å². The van der Waals surface area contributed by atoms with Gasteiger partial charge in [0, 0.05) is 18.4 Å². The molecule has 0 aliphatic heterocycles. The highest BCUT2D eigenvalue weighted by molar-refractivity contribution is 5.86. The Morgan fingerprint density at radius 2 is 2.17 bits per heavy atom. The monoisotopic (exact) mass is 318 g/mol. The van der Waals surface area contributed by atoms with Crippen LogP contribution in [0.1, 0.15) is 32.0 Å². The molecule has 0 saturated heterocycles. The SMILES string of the molecule is CC(C)(C)OC(=O)Nc1cc(-n2cnc(CO)c2)ccc1CN. The zero-order chi connectivity index (χ0) is 17.0. The van der Waals surface area contributed by atoms with E-state index in [1.165, 1.54) is 0 Å². The number of aromatic nitrogens is 2. The van der Waals surface area contributed by atoms with Crippen molar-refractivity contribution >= 4 is 11.8 Å². The summed E-state index contributed by atoms with van der Waals surface area (Å²) in [7, 11) is 0. The van der Waals surface area contributed by atoms with Crippen molar-refractivity contribution < 1.29 is 14.6 Å². The fraction of sp³-hybridized carbons (Fsp3) is 0.375. The van der Waals surface area contributed by atoms with E-state index in [1.54, 1.807) is 43.9 Å². The minimum absolute atomic E-state index is 0.128. The predicted molar refractivity (Wildman–Crippen MR) is 87.2 cm³/mol. The summed E-state index contributed by atoms with van der Waals surface area (Å²) in [5, 5.41) is 11.8. The second kappa shape index (κ2) is 6.80. The Morgan fingerprint density at radius 1 is 1.43 bits per heavy atom. The van der Waals surface area contributed by atoms with E-state index < -0.39 is 11.7 Å². The molecule has 1 aromatic carbocycles. The Morgan fingerprint density at radius 3 is 2.74 bits per heavy atom. The summed E-state index contributed by atoms with van der Waals surface area (Å²) in [6.45, 7) is 5.56. The number of imidazole rings is 1. The van der Waals surface area contributed by atoms with E-state index in [4.69, 9.17) is 15.6 Å².